The Balaban J connectivity index is 1.97. The van der Waals surface area contributed by atoms with Crippen molar-refractivity contribution in [3.63, 3.8) is 0 Å². The van der Waals surface area contributed by atoms with Gasteiger partial charge in [0.1, 0.15) is 0 Å². The minimum atomic E-state index is -0.418. The molecule has 2 aromatic heterocycles. The van der Waals surface area contributed by atoms with Crippen LogP contribution in [0, 0.1) is 10.1 Å². The fourth-order valence-electron chi connectivity index (χ4n) is 1.44. The number of rotatable bonds is 3. The van der Waals surface area contributed by atoms with Crippen molar-refractivity contribution in [3.05, 3.63) is 28.3 Å². The van der Waals surface area contributed by atoms with E-state index >= 15 is 0 Å². The smallest absolute Gasteiger partial charge is 0.258 e. The van der Waals surface area contributed by atoms with Crippen LogP contribution >= 0.6 is 23.1 Å². The van der Waals surface area contributed by atoms with Crippen molar-refractivity contribution in [1.29, 1.82) is 0 Å². The Hall–Kier alpha value is -2.07. The van der Waals surface area contributed by atoms with Gasteiger partial charge in [-0.15, -0.1) is 16.4 Å². The highest BCUT2D eigenvalue weighted by Gasteiger charge is 2.13. The first-order chi connectivity index (χ1) is 9.13. The van der Waals surface area contributed by atoms with Crippen molar-refractivity contribution in [3.8, 4) is 0 Å². The summed E-state index contributed by atoms with van der Waals surface area (Å²) in [4.78, 5) is 14.7. The standard InChI is InChI=1S/C9H6N6O2S2/c1-14-8(11-12-13-14)19-9-10-6-3-2-5(15(16)17)4-7(6)18-9/h2-4H,1H3. The van der Waals surface area contributed by atoms with E-state index in [0.29, 0.717) is 5.16 Å². The van der Waals surface area contributed by atoms with E-state index in [1.165, 1.54) is 35.2 Å². The van der Waals surface area contributed by atoms with E-state index in [2.05, 4.69) is 20.5 Å². The van der Waals surface area contributed by atoms with E-state index in [4.69, 9.17) is 0 Å². The van der Waals surface area contributed by atoms with E-state index in [1.807, 2.05) is 0 Å². The molecule has 3 aromatic rings. The highest BCUT2D eigenvalue weighted by molar-refractivity contribution is 8.01. The molecule has 2 heterocycles. The van der Waals surface area contributed by atoms with E-state index in [0.717, 1.165) is 14.6 Å². The first-order valence-electron chi connectivity index (χ1n) is 5.08. The highest BCUT2D eigenvalue weighted by atomic mass is 32.2. The van der Waals surface area contributed by atoms with Gasteiger partial charge in [0, 0.05) is 19.2 Å². The molecule has 0 fully saturated rings. The average Bonchev–Trinajstić information content (AvgIpc) is 2.95. The van der Waals surface area contributed by atoms with Crippen molar-refractivity contribution in [2.45, 2.75) is 9.50 Å². The Morgan fingerprint density at radius 2 is 2.32 bits per heavy atom. The van der Waals surface area contributed by atoms with Crippen LogP contribution in [0.1, 0.15) is 0 Å². The molecule has 0 bridgehead atoms. The topological polar surface area (TPSA) is 99.6 Å². The second kappa shape index (κ2) is 4.55. The minimum Gasteiger partial charge on any atom is -0.258 e. The lowest BCUT2D eigenvalue weighted by Gasteiger charge is -1.92. The summed E-state index contributed by atoms with van der Waals surface area (Å²) in [5, 5.41) is 22.4. The molecule has 96 valence electrons. The van der Waals surface area contributed by atoms with E-state index in [-0.39, 0.29) is 5.69 Å². The van der Waals surface area contributed by atoms with Gasteiger partial charge in [-0.1, -0.05) is 0 Å². The molecule has 0 saturated carbocycles. The lowest BCUT2D eigenvalue weighted by atomic mass is 10.3. The molecule has 1 aromatic carbocycles. The molecule has 0 aliphatic heterocycles. The number of aromatic nitrogens is 5. The van der Waals surface area contributed by atoms with Crippen LogP contribution in [-0.2, 0) is 7.05 Å². The van der Waals surface area contributed by atoms with Gasteiger partial charge in [0.15, 0.2) is 4.34 Å². The zero-order chi connectivity index (χ0) is 13.4. The summed E-state index contributed by atoms with van der Waals surface area (Å²) in [7, 11) is 1.74. The van der Waals surface area contributed by atoms with Gasteiger partial charge in [0.05, 0.1) is 15.1 Å². The van der Waals surface area contributed by atoms with Crippen LogP contribution in [-0.4, -0.2) is 30.1 Å². The maximum Gasteiger partial charge on any atom is 0.270 e. The Labute approximate surface area is 114 Å². The maximum absolute atomic E-state index is 10.7. The number of nitro groups is 1. The van der Waals surface area contributed by atoms with Gasteiger partial charge >= 0.3 is 0 Å². The zero-order valence-corrected chi connectivity index (χ0v) is 11.2. The quantitative estimate of drug-likeness (QED) is 0.537. The minimum absolute atomic E-state index is 0.0630. The van der Waals surface area contributed by atoms with Crippen LogP contribution in [0.25, 0.3) is 10.2 Å². The molecule has 0 spiro atoms. The number of aryl methyl sites for hydroxylation is 1. The third kappa shape index (κ3) is 2.27. The van der Waals surface area contributed by atoms with Crippen molar-refractivity contribution >= 4 is 39.0 Å². The SMILES string of the molecule is Cn1nnnc1Sc1nc2ccc([N+](=O)[O-])cc2s1. The van der Waals surface area contributed by atoms with E-state index < -0.39 is 4.92 Å². The summed E-state index contributed by atoms with van der Waals surface area (Å²) in [5.41, 5.74) is 0.793. The van der Waals surface area contributed by atoms with Crippen molar-refractivity contribution in [1.82, 2.24) is 25.2 Å². The number of hydrogen-bond acceptors (Lipinski definition) is 8. The highest BCUT2D eigenvalue weighted by Crippen LogP contribution is 2.34. The van der Waals surface area contributed by atoms with Gasteiger partial charge in [0.25, 0.3) is 5.69 Å². The number of nitro benzene ring substituents is 1. The second-order valence-corrected chi connectivity index (χ2v) is 5.82. The molecule has 19 heavy (non-hydrogen) atoms. The predicted octanol–water partition coefficient (Wildman–Crippen LogP) is 1.88. The maximum atomic E-state index is 10.7. The van der Waals surface area contributed by atoms with Crippen molar-refractivity contribution in [2.24, 2.45) is 7.05 Å². The third-order valence-corrected chi connectivity index (χ3v) is 4.43. The largest absolute Gasteiger partial charge is 0.270 e. The number of benzene rings is 1. The van der Waals surface area contributed by atoms with Gasteiger partial charge in [-0.05, 0) is 28.3 Å². The van der Waals surface area contributed by atoms with Gasteiger partial charge in [-0.25, -0.2) is 9.67 Å². The molecular weight excluding hydrogens is 288 g/mol. The molecular formula is C9H6N6O2S2. The van der Waals surface area contributed by atoms with Crippen LogP contribution in [0.3, 0.4) is 0 Å². The summed E-state index contributed by atoms with van der Waals surface area (Å²) >= 11 is 2.70. The summed E-state index contributed by atoms with van der Waals surface area (Å²) in [6.07, 6.45) is 0. The first kappa shape index (κ1) is 12.0. The Kier molecular flexibility index (Phi) is 2.87. The number of nitrogens with zero attached hydrogens (tertiary/aromatic N) is 6. The number of thiazole rings is 1. The molecule has 8 nitrogen and oxygen atoms in total. The molecule has 0 radical (unpaired) electrons. The van der Waals surface area contributed by atoms with Crippen molar-refractivity contribution < 1.29 is 4.92 Å². The Bertz CT molecular complexity index is 767. The molecule has 0 N–H and O–H groups in total. The van der Waals surface area contributed by atoms with Crippen LogP contribution in [0.4, 0.5) is 5.69 Å². The molecule has 0 aliphatic carbocycles. The number of hydrogen-bond donors (Lipinski definition) is 0. The fourth-order valence-corrected chi connectivity index (χ4v) is 3.37. The van der Waals surface area contributed by atoms with Crippen molar-refractivity contribution in [2.75, 3.05) is 0 Å². The van der Waals surface area contributed by atoms with E-state index in [9.17, 15) is 10.1 Å². The molecule has 10 heteroatoms. The van der Waals surface area contributed by atoms with Gasteiger partial charge in [-0.2, -0.15) is 0 Å². The van der Waals surface area contributed by atoms with Gasteiger partial charge in [-0.3, -0.25) is 10.1 Å². The summed E-state index contributed by atoms with van der Waals surface area (Å²) in [5.74, 6) is 0. The Morgan fingerprint density at radius 3 is 3.00 bits per heavy atom. The van der Waals surface area contributed by atoms with Crippen LogP contribution in [0.2, 0.25) is 0 Å². The lowest BCUT2D eigenvalue weighted by molar-refractivity contribution is -0.384. The molecule has 0 amide bonds. The van der Waals surface area contributed by atoms with Gasteiger partial charge in [0.2, 0.25) is 5.16 Å². The van der Waals surface area contributed by atoms with E-state index in [1.54, 1.807) is 17.8 Å². The van der Waals surface area contributed by atoms with Gasteiger partial charge < -0.3 is 0 Å². The normalized spacial score (nSPS) is 11.0. The summed E-state index contributed by atoms with van der Waals surface area (Å²) < 4.78 is 3.05. The number of tetrazole rings is 1. The Morgan fingerprint density at radius 1 is 1.47 bits per heavy atom. The average molecular weight is 294 g/mol. The van der Waals surface area contributed by atoms with Crippen LogP contribution in [0.15, 0.2) is 27.7 Å². The lowest BCUT2D eigenvalue weighted by Crippen LogP contribution is -1.92. The van der Waals surface area contributed by atoms with Crippen LogP contribution in [0.5, 0.6) is 0 Å². The first-order valence-corrected chi connectivity index (χ1v) is 6.72. The fraction of sp³-hybridized carbons (Fsp3) is 0.111. The second-order valence-electron chi connectivity index (χ2n) is 3.58. The van der Waals surface area contributed by atoms with Crippen LogP contribution < -0.4 is 0 Å². The summed E-state index contributed by atoms with van der Waals surface area (Å²) in [6.45, 7) is 0. The molecule has 0 saturated heterocycles. The molecule has 3 rings (SSSR count). The predicted molar refractivity (Wildman–Crippen MR) is 69.2 cm³/mol. The number of fused-ring (bicyclic) bond motifs is 1. The molecule has 0 aliphatic rings. The third-order valence-electron chi connectivity index (χ3n) is 2.32. The molecule has 0 unspecified atom stereocenters. The molecule has 0 atom stereocenters. The monoisotopic (exact) mass is 294 g/mol. The zero-order valence-electron chi connectivity index (χ0n) is 9.55. The number of non-ortho nitro benzene ring substituents is 1. The summed E-state index contributed by atoms with van der Waals surface area (Å²) in [6, 6.07) is 4.61.